The van der Waals surface area contributed by atoms with Crippen molar-refractivity contribution in [3.8, 4) is 11.8 Å². The Morgan fingerprint density at radius 2 is 2.05 bits per heavy atom. The van der Waals surface area contributed by atoms with Gasteiger partial charge in [-0.2, -0.15) is 9.57 Å². The van der Waals surface area contributed by atoms with E-state index in [1.807, 2.05) is 26.8 Å². The van der Waals surface area contributed by atoms with E-state index in [0.717, 1.165) is 5.56 Å². The van der Waals surface area contributed by atoms with Crippen molar-refractivity contribution in [2.24, 2.45) is 0 Å². The lowest BCUT2D eigenvalue weighted by Crippen LogP contribution is -2.31. The van der Waals surface area contributed by atoms with Crippen molar-refractivity contribution in [1.29, 1.82) is 5.26 Å². The molecule has 21 heavy (non-hydrogen) atoms. The summed E-state index contributed by atoms with van der Waals surface area (Å²) >= 11 is 0. The number of sulfonamides is 1. The summed E-state index contributed by atoms with van der Waals surface area (Å²) in [6, 6.07) is 6.82. The zero-order chi connectivity index (χ0) is 16.0. The summed E-state index contributed by atoms with van der Waals surface area (Å²) in [6.07, 6.45) is 0.217. The number of hydrogen-bond acceptors (Lipinski definition) is 4. The van der Waals surface area contributed by atoms with E-state index in [1.54, 1.807) is 25.1 Å². The average Bonchev–Trinajstić information content (AvgIpc) is 2.41. The maximum absolute atomic E-state index is 12.5. The molecule has 1 aromatic rings. The lowest BCUT2D eigenvalue weighted by molar-refractivity contribution is 0.240. The van der Waals surface area contributed by atoms with E-state index in [4.69, 9.17) is 10.00 Å². The van der Waals surface area contributed by atoms with Crippen LogP contribution in [-0.4, -0.2) is 31.9 Å². The van der Waals surface area contributed by atoms with E-state index in [2.05, 4.69) is 0 Å². The second-order valence-corrected chi connectivity index (χ2v) is 6.94. The molecule has 116 valence electrons. The largest absolute Gasteiger partial charge is 0.491 e. The molecule has 0 spiro atoms. The van der Waals surface area contributed by atoms with E-state index < -0.39 is 10.0 Å². The van der Waals surface area contributed by atoms with E-state index in [1.165, 1.54) is 4.31 Å². The lowest BCUT2D eigenvalue weighted by Gasteiger charge is -2.20. The number of ether oxygens (including phenoxy) is 1. The fraction of sp³-hybridized carbons (Fsp3) is 0.533. The standard InChI is InChI=1S/C15H22N2O3S/c1-5-17(10-6-9-16)21(18,19)14-7-8-15(13(4)11-14)20-12(2)3/h7-8,11-12H,5-6,10H2,1-4H3. The number of nitriles is 1. The number of benzene rings is 1. The summed E-state index contributed by atoms with van der Waals surface area (Å²) in [5.41, 5.74) is 0.779. The van der Waals surface area contributed by atoms with Gasteiger partial charge in [-0.1, -0.05) is 6.92 Å². The molecule has 6 heteroatoms. The van der Waals surface area contributed by atoms with Gasteiger partial charge >= 0.3 is 0 Å². The van der Waals surface area contributed by atoms with Crippen molar-refractivity contribution in [2.75, 3.05) is 13.1 Å². The van der Waals surface area contributed by atoms with Gasteiger partial charge in [-0.25, -0.2) is 8.42 Å². The van der Waals surface area contributed by atoms with Gasteiger partial charge in [0, 0.05) is 19.5 Å². The Labute approximate surface area is 127 Å². The Morgan fingerprint density at radius 1 is 1.38 bits per heavy atom. The molecule has 1 rings (SSSR count). The molecule has 0 unspecified atom stereocenters. The number of rotatable bonds is 7. The van der Waals surface area contributed by atoms with Gasteiger partial charge in [-0.05, 0) is 44.5 Å². The fourth-order valence-electron chi connectivity index (χ4n) is 1.94. The van der Waals surface area contributed by atoms with Crippen molar-refractivity contribution in [3.63, 3.8) is 0 Å². The minimum Gasteiger partial charge on any atom is -0.491 e. The van der Waals surface area contributed by atoms with Crippen LogP contribution < -0.4 is 4.74 Å². The topological polar surface area (TPSA) is 70.4 Å². The van der Waals surface area contributed by atoms with Crippen molar-refractivity contribution in [2.45, 2.75) is 45.1 Å². The van der Waals surface area contributed by atoms with Gasteiger partial charge in [0.25, 0.3) is 0 Å². The first kappa shape index (κ1) is 17.5. The van der Waals surface area contributed by atoms with Gasteiger partial charge in [-0.15, -0.1) is 0 Å². The number of aryl methyl sites for hydroxylation is 1. The van der Waals surface area contributed by atoms with Gasteiger partial charge < -0.3 is 4.74 Å². The second kappa shape index (κ2) is 7.43. The third-order valence-electron chi connectivity index (χ3n) is 2.97. The fourth-order valence-corrected chi connectivity index (χ4v) is 3.48. The Hall–Kier alpha value is -1.58. The predicted octanol–water partition coefficient (Wildman–Crippen LogP) is 2.71. The molecule has 0 aromatic heterocycles. The van der Waals surface area contributed by atoms with Gasteiger partial charge in [0.15, 0.2) is 0 Å². The Kier molecular flexibility index (Phi) is 6.19. The molecule has 0 heterocycles. The smallest absolute Gasteiger partial charge is 0.243 e. The highest BCUT2D eigenvalue weighted by atomic mass is 32.2. The third kappa shape index (κ3) is 4.45. The van der Waals surface area contributed by atoms with Crippen LogP contribution in [0.1, 0.15) is 32.8 Å². The van der Waals surface area contributed by atoms with Crippen LogP contribution in [0.25, 0.3) is 0 Å². The zero-order valence-electron chi connectivity index (χ0n) is 13.0. The first-order valence-corrected chi connectivity index (χ1v) is 8.41. The highest BCUT2D eigenvalue weighted by Crippen LogP contribution is 2.24. The summed E-state index contributed by atoms with van der Waals surface area (Å²) in [6.45, 7) is 7.97. The number of nitrogens with zero attached hydrogens (tertiary/aromatic N) is 2. The van der Waals surface area contributed by atoms with E-state index in [-0.39, 0.29) is 24.0 Å². The van der Waals surface area contributed by atoms with E-state index in [0.29, 0.717) is 12.3 Å². The maximum Gasteiger partial charge on any atom is 0.243 e. The maximum atomic E-state index is 12.5. The highest BCUT2D eigenvalue weighted by molar-refractivity contribution is 7.89. The first-order valence-electron chi connectivity index (χ1n) is 6.97. The summed E-state index contributed by atoms with van der Waals surface area (Å²) in [7, 11) is -3.56. The SMILES string of the molecule is CCN(CCC#N)S(=O)(=O)c1ccc(OC(C)C)c(C)c1. The van der Waals surface area contributed by atoms with Crippen LogP contribution in [0.2, 0.25) is 0 Å². The van der Waals surface area contributed by atoms with Crippen LogP contribution >= 0.6 is 0 Å². The van der Waals surface area contributed by atoms with Gasteiger partial charge in [-0.3, -0.25) is 0 Å². The molecule has 0 saturated heterocycles. The molecule has 0 saturated carbocycles. The monoisotopic (exact) mass is 310 g/mol. The Balaban J connectivity index is 3.09. The molecule has 0 fully saturated rings. The zero-order valence-corrected chi connectivity index (χ0v) is 13.8. The highest BCUT2D eigenvalue weighted by Gasteiger charge is 2.23. The molecule has 0 aliphatic rings. The van der Waals surface area contributed by atoms with Gasteiger partial charge in [0.1, 0.15) is 5.75 Å². The van der Waals surface area contributed by atoms with E-state index in [9.17, 15) is 8.42 Å². The molecule has 0 N–H and O–H groups in total. The number of hydrogen-bond donors (Lipinski definition) is 0. The van der Waals surface area contributed by atoms with E-state index >= 15 is 0 Å². The van der Waals surface area contributed by atoms with Gasteiger partial charge in [0.2, 0.25) is 10.0 Å². The van der Waals surface area contributed by atoms with Crippen molar-refractivity contribution in [1.82, 2.24) is 4.31 Å². The summed E-state index contributed by atoms with van der Waals surface area (Å²) < 4.78 is 32.0. The molecule has 0 aliphatic heterocycles. The van der Waals surface area contributed by atoms with Crippen LogP contribution in [0.4, 0.5) is 0 Å². The molecular formula is C15H22N2O3S. The van der Waals surface area contributed by atoms with Crippen LogP contribution in [0.3, 0.4) is 0 Å². The van der Waals surface area contributed by atoms with Gasteiger partial charge in [0.05, 0.1) is 17.1 Å². The molecular weight excluding hydrogens is 288 g/mol. The van der Waals surface area contributed by atoms with Crippen molar-refractivity contribution < 1.29 is 13.2 Å². The first-order chi connectivity index (χ1) is 9.82. The third-order valence-corrected chi connectivity index (χ3v) is 4.94. The molecule has 0 aliphatic carbocycles. The molecule has 1 aromatic carbocycles. The molecule has 0 atom stereocenters. The molecule has 0 radical (unpaired) electrons. The van der Waals surface area contributed by atoms with Crippen LogP contribution in [-0.2, 0) is 10.0 Å². The second-order valence-electron chi connectivity index (χ2n) is 5.00. The summed E-state index contributed by atoms with van der Waals surface area (Å²) in [5, 5.41) is 8.62. The van der Waals surface area contributed by atoms with Crippen LogP contribution in [0.5, 0.6) is 5.75 Å². The summed E-state index contributed by atoms with van der Waals surface area (Å²) in [4.78, 5) is 0.232. The Bertz CT molecular complexity index is 618. The minimum absolute atomic E-state index is 0.0360. The molecule has 0 bridgehead atoms. The van der Waals surface area contributed by atoms with Crippen molar-refractivity contribution >= 4 is 10.0 Å². The summed E-state index contributed by atoms with van der Waals surface area (Å²) in [5.74, 6) is 0.684. The minimum atomic E-state index is -3.56. The van der Waals surface area contributed by atoms with Crippen LogP contribution in [0.15, 0.2) is 23.1 Å². The molecule has 0 amide bonds. The normalized spacial score (nSPS) is 11.7. The Morgan fingerprint density at radius 3 is 2.52 bits per heavy atom. The average molecular weight is 310 g/mol. The van der Waals surface area contributed by atoms with Crippen molar-refractivity contribution in [3.05, 3.63) is 23.8 Å². The lowest BCUT2D eigenvalue weighted by atomic mass is 10.2. The quantitative estimate of drug-likeness (QED) is 0.776. The predicted molar refractivity (Wildman–Crippen MR) is 81.6 cm³/mol. The van der Waals surface area contributed by atoms with Crippen LogP contribution in [0, 0.1) is 18.3 Å². The molecule has 5 nitrogen and oxygen atoms in total.